The van der Waals surface area contributed by atoms with Crippen molar-refractivity contribution in [2.24, 2.45) is 0 Å². The fraction of sp³-hybridized carbons (Fsp3) is 0.133. The molecule has 0 fully saturated rings. The summed E-state index contributed by atoms with van der Waals surface area (Å²) in [7, 11) is -4.17. The van der Waals surface area contributed by atoms with Crippen LogP contribution in [0.4, 0.5) is 4.39 Å². The van der Waals surface area contributed by atoms with Crippen molar-refractivity contribution < 1.29 is 17.6 Å². The van der Waals surface area contributed by atoms with Gasteiger partial charge in [-0.05, 0) is 37.6 Å². The summed E-state index contributed by atoms with van der Waals surface area (Å²) in [5, 5.41) is 0. The molecule has 1 amide bonds. The SMILES string of the molecule is Cc1ccc(C(=O)NNS(=O)(=O)c2ccccc2F)c(C)c1. The first-order chi connectivity index (χ1) is 10.3. The quantitative estimate of drug-likeness (QED) is 0.846. The number of aryl methyl sites for hydroxylation is 2. The van der Waals surface area contributed by atoms with E-state index in [9.17, 15) is 17.6 Å². The molecule has 0 saturated carbocycles. The molecule has 0 aliphatic heterocycles. The Morgan fingerprint density at radius 1 is 1.09 bits per heavy atom. The largest absolute Gasteiger partial charge is 0.273 e. The zero-order valence-electron chi connectivity index (χ0n) is 12.1. The second kappa shape index (κ2) is 6.25. The van der Waals surface area contributed by atoms with Crippen LogP contribution in [0.5, 0.6) is 0 Å². The van der Waals surface area contributed by atoms with Gasteiger partial charge in [0.05, 0.1) is 0 Å². The second-order valence-corrected chi connectivity index (χ2v) is 6.46. The predicted octanol–water partition coefficient (Wildman–Crippen LogP) is 2.07. The van der Waals surface area contributed by atoms with Gasteiger partial charge < -0.3 is 0 Å². The van der Waals surface area contributed by atoms with Crippen LogP contribution >= 0.6 is 0 Å². The Morgan fingerprint density at radius 2 is 1.77 bits per heavy atom. The summed E-state index contributed by atoms with van der Waals surface area (Å²) in [5.41, 5.74) is 4.11. The van der Waals surface area contributed by atoms with Gasteiger partial charge in [0.15, 0.2) is 0 Å². The molecule has 0 atom stereocenters. The molecule has 2 rings (SSSR count). The van der Waals surface area contributed by atoms with Crippen LogP contribution in [0.1, 0.15) is 21.5 Å². The molecule has 116 valence electrons. The third kappa shape index (κ3) is 3.49. The van der Waals surface area contributed by atoms with E-state index in [-0.39, 0.29) is 0 Å². The fourth-order valence-electron chi connectivity index (χ4n) is 1.97. The van der Waals surface area contributed by atoms with Crippen LogP contribution in [0.3, 0.4) is 0 Å². The average Bonchev–Trinajstić information content (AvgIpc) is 2.45. The Labute approximate surface area is 128 Å². The van der Waals surface area contributed by atoms with E-state index >= 15 is 0 Å². The number of hydrogen-bond acceptors (Lipinski definition) is 3. The summed E-state index contributed by atoms with van der Waals surface area (Å²) in [6.07, 6.45) is 0. The topological polar surface area (TPSA) is 75.3 Å². The Kier molecular flexibility index (Phi) is 4.58. The lowest BCUT2D eigenvalue weighted by Gasteiger charge is -2.10. The molecule has 5 nitrogen and oxygen atoms in total. The molecule has 0 aliphatic carbocycles. The molecule has 0 spiro atoms. The number of rotatable bonds is 4. The van der Waals surface area contributed by atoms with Gasteiger partial charge in [-0.25, -0.2) is 12.8 Å². The van der Waals surface area contributed by atoms with Gasteiger partial charge in [0.25, 0.3) is 15.9 Å². The molecule has 0 aliphatic rings. The lowest BCUT2D eigenvalue weighted by atomic mass is 10.1. The van der Waals surface area contributed by atoms with Gasteiger partial charge in [0.2, 0.25) is 0 Å². The number of carbonyl (C=O) groups is 1. The van der Waals surface area contributed by atoms with E-state index in [2.05, 4.69) is 5.43 Å². The van der Waals surface area contributed by atoms with Gasteiger partial charge in [0.1, 0.15) is 10.7 Å². The first-order valence-corrected chi connectivity index (χ1v) is 7.93. The molecule has 0 saturated heterocycles. The van der Waals surface area contributed by atoms with E-state index in [4.69, 9.17) is 0 Å². The molecule has 0 heterocycles. The van der Waals surface area contributed by atoms with Crippen LogP contribution in [0.2, 0.25) is 0 Å². The summed E-state index contributed by atoms with van der Waals surface area (Å²) in [6, 6.07) is 10.1. The molecule has 0 bridgehead atoms. The van der Waals surface area contributed by atoms with Crippen molar-refractivity contribution in [3.8, 4) is 0 Å². The summed E-state index contributed by atoms with van der Waals surface area (Å²) >= 11 is 0. The normalized spacial score (nSPS) is 11.2. The van der Waals surface area contributed by atoms with Gasteiger partial charge in [-0.1, -0.05) is 29.8 Å². The van der Waals surface area contributed by atoms with E-state index in [0.29, 0.717) is 11.1 Å². The maximum atomic E-state index is 13.5. The highest BCUT2D eigenvalue weighted by molar-refractivity contribution is 7.89. The van der Waals surface area contributed by atoms with Crippen LogP contribution in [-0.4, -0.2) is 14.3 Å². The molecule has 22 heavy (non-hydrogen) atoms. The van der Waals surface area contributed by atoms with Crippen molar-refractivity contribution in [3.63, 3.8) is 0 Å². The zero-order chi connectivity index (χ0) is 16.3. The van der Waals surface area contributed by atoms with Gasteiger partial charge in [-0.15, -0.1) is 4.83 Å². The van der Waals surface area contributed by atoms with Crippen LogP contribution in [0.25, 0.3) is 0 Å². The van der Waals surface area contributed by atoms with Crippen LogP contribution < -0.4 is 10.3 Å². The monoisotopic (exact) mass is 322 g/mol. The summed E-state index contributed by atoms with van der Waals surface area (Å²) in [6.45, 7) is 3.63. The second-order valence-electron chi connectivity index (χ2n) is 4.81. The fourth-order valence-corrected chi connectivity index (χ4v) is 2.89. The summed E-state index contributed by atoms with van der Waals surface area (Å²) < 4.78 is 37.4. The van der Waals surface area contributed by atoms with E-state index in [1.54, 1.807) is 25.1 Å². The predicted molar refractivity (Wildman–Crippen MR) is 80.1 cm³/mol. The molecular formula is C15H15FN2O3S. The van der Waals surface area contributed by atoms with Crippen molar-refractivity contribution in [1.29, 1.82) is 0 Å². The number of nitrogens with one attached hydrogen (secondary N) is 2. The minimum absolute atomic E-state index is 0.335. The van der Waals surface area contributed by atoms with E-state index < -0.39 is 26.6 Å². The smallest absolute Gasteiger partial charge is 0.266 e. The van der Waals surface area contributed by atoms with Crippen molar-refractivity contribution in [1.82, 2.24) is 10.3 Å². The zero-order valence-corrected chi connectivity index (χ0v) is 12.9. The molecule has 0 aromatic heterocycles. The van der Waals surface area contributed by atoms with Crippen molar-refractivity contribution in [3.05, 3.63) is 65.0 Å². The molecule has 2 aromatic carbocycles. The van der Waals surface area contributed by atoms with E-state index in [1.165, 1.54) is 12.1 Å². The standard InChI is InChI=1S/C15H15FN2O3S/c1-10-7-8-12(11(2)9-10)15(19)17-18-22(20,21)14-6-4-3-5-13(14)16/h3-9,18H,1-2H3,(H,17,19). The number of sulfonamides is 1. The molecule has 2 N–H and O–H groups in total. The Hall–Kier alpha value is -2.25. The molecular weight excluding hydrogens is 307 g/mol. The van der Waals surface area contributed by atoms with Crippen LogP contribution in [-0.2, 0) is 10.0 Å². The Balaban J connectivity index is 2.15. The van der Waals surface area contributed by atoms with Gasteiger partial charge in [-0.3, -0.25) is 10.2 Å². The highest BCUT2D eigenvalue weighted by Gasteiger charge is 2.19. The number of carbonyl (C=O) groups excluding carboxylic acids is 1. The van der Waals surface area contributed by atoms with Gasteiger partial charge in [0, 0.05) is 5.56 Å². The summed E-state index contributed by atoms with van der Waals surface area (Å²) in [5.74, 6) is -1.51. The first-order valence-electron chi connectivity index (χ1n) is 6.45. The highest BCUT2D eigenvalue weighted by atomic mass is 32.2. The summed E-state index contributed by atoms with van der Waals surface area (Å²) in [4.78, 5) is 13.4. The average molecular weight is 322 g/mol. The maximum Gasteiger partial charge on any atom is 0.266 e. The lowest BCUT2D eigenvalue weighted by molar-refractivity contribution is 0.0944. The molecule has 0 unspecified atom stereocenters. The Bertz CT molecular complexity index is 819. The number of benzene rings is 2. The number of hydrazine groups is 1. The van der Waals surface area contributed by atoms with E-state index in [1.807, 2.05) is 11.8 Å². The molecule has 2 aromatic rings. The number of halogens is 1. The third-order valence-corrected chi connectivity index (χ3v) is 4.33. The van der Waals surface area contributed by atoms with Crippen LogP contribution in [0.15, 0.2) is 47.4 Å². The number of amides is 1. The number of hydrogen-bond donors (Lipinski definition) is 2. The highest BCUT2D eigenvalue weighted by Crippen LogP contribution is 2.13. The van der Waals surface area contributed by atoms with Crippen molar-refractivity contribution in [2.45, 2.75) is 18.7 Å². The minimum atomic E-state index is -4.17. The van der Waals surface area contributed by atoms with E-state index in [0.717, 1.165) is 17.7 Å². The molecule has 7 heteroatoms. The third-order valence-electron chi connectivity index (χ3n) is 3.05. The Morgan fingerprint density at radius 3 is 2.41 bits per heavy atom. The van der Waals surface area contributed by atoms with Gasteiger partial charge in [-0.2, -0.15) is 0 Å². The van der Waals surface area contributed by atoms with Crippen molar-refractivity contribution in [2.75, 3.05) is 0 Å². The van der Waals surface area contributed by atoms with Crippen LogP contribution in [0, 0.1) is 19.7 Å². The van der Waals surface area contributed by atoms with Gasteiger partial charge >= 0.3 is 0 Å². The first kappa shape index (κ1) is 16.1. The lowest BCUT2D eigenvalue weighted by Crippen LogP contribution is -2.42. The minimum Gasteiger partial charge on any atom is -0.273 e. The van der Waals surface area contributed by atoms with Crippen molar-refractivity contribution >= 4 is 15.9 Å². The molecule has 0 radical (unpaired) electrons. The maximum absolute atomic E-state index is 13.5.